The Morgan fingerprint density at radius 1 is 1.53 bits per heavy atom. The number of benzene rings is 1. The van der Waals surface area contributed by atoms with Crippen molar-refractivity contribution in [1.82, 2.24) is 0 Å². The highest BCUT2D eigenvalue weighted by molar-refractivity contribution is 6.31. The summed E-state index contributed by atoms with van der Waals surface area (Å²) in [6.45, 7) is 3.77. The lowest BCUT2D eigenvalue weighted by Gasteiger charge is -2.05. The summed E-state index contributed by atoms with van der Waals surface area (Å²) in [6.07, 6.45) is 0.876. The maximum atomic E-state index is 11.5. The molecule has 0 heterocycles. The Morgan fingerprint density at radius 3 is 2.73 bits per heavy atom. The predicted octanol–water partition coefficient (Wildman–Crippen LogP) is 2.50. The highest BCUT2D eigenvalue weighted by atomic mass is 35.5. The lowest BCUT2D eigenvalue weighted by Crippen LogP contribution is -2.20. The first-order chi connectivity index (χ1) is 6.99. The van der Waals surface area contributed by atoms with Gasteiger partial charge in [0.2, 0.25) is 0 Å². The molecule has 2 nitrogen and oxygen atoms in total. The van der Waals surface area contributed by atoms with Crippen LogP contribution < -0.4 is 5.73 Å². The number of rotatable bonds is 4. The average molecular weight is 226 g/mol. The zero-order valence-corrected chi connectivity index (χ0v) is 9.84. The first kappa shape index (κ1) is 12.2. The van der Waals surface area contributed by atoms with Gasteiger partial charge in [-0.25, -0.2) is 0 Å². The van der Waals surface area contributed by atoms with Crippen LogP contribution in [-0.2, 0) is 11.2 Å². The van der Waals surface area contributed by atoms with E-state index in [4.69, 9.17) is 17.3 Å². The van der Waals surface area contributed by atoms with Gasteiger partial charge in [-0.1, -0.05) is 23.7 Å². The number of carbonyl (C=O) groups is 1. The van der Waals surface area contributed by atoms with Crippen LogP contribution in [0.4, 0.5) is 0 Å². The van der Waals surface area contributed by atoms with Crippen molar-refractivity contribution in [3.63, 3.8) is 0 Å². The van der Waals surface area contributed by atoms with Gasteiger partial charge in [-0.2, -0.15) is 0 Å². The number of aryl methyl sites for hydroxylation is 1. The van der Waals surface area contributed by atoms with Crippen molar-refractivity contribution in [3.8, 4) is 0 Å². The molecule has 0 bridgehead atoms. The summed E-state index contributed by atoms with van der Waals surface area (Å²) in [5.41, 5.74) is 7.56. The molecule has 0 aliphatic heterocycles. The molecule has 0 spiro atoms. The molecule has 0 fully saturated rings. The first-order valence-electron chi connectivity index (χ1n) is 5.01. The Kier molecular flexibility index (Phi) is 4.30. The molecule has 0 aliphatic carbocycles. The fraction of sp³-hybridized carbons (Fsp3) is 0.417. The number of ketones is 1. The monoisotopic (exact) mass is 225 g/mol. The van der Waals surface area contributed by atoms with Crippen molar-refractivity contribution < 1.29 is 4.79 Å². The molecule has 0 amide bonds. The second-order valence-corrected chi connectivity index (χ2v) is 4.39. The van der Waals surface area contributed by atoms with E-state index >= 15 is 0 Å². The van der Waals surface area contributed by atoms with Crippen LogP contribution in [0.25, 0.3) is 0 Å². The number of nitrogens with two attached hydrogens (primary N) is 1. The van der Waals surface area contributed by atoms with Gasteiger partial charge in [-0.05, 0) is 31.0 Å². The van der Waals surface area contributed by atoms with Gasteiger partial charge in [0.1, 0.15) is 5.78 Å². The SMILES string of the molecule is Cc1cc(CC(=O)C[C@H](C)N)ccc1Cl. The zero-order chi connectivity index (χ0) is 11.4. The third-order valence-corrected chi connectivity index (χ3v) is 2.60. The molecule has 1 atom stereocenters. The van der Waals surface area contributed by atoms with E-state index in [-0.39, 0.29) is 11.8 Å². The van der Waals surface area contributed by atoms with Crippen molar-refractivity contribution in [2.75, 3.05) is 0 Å². The second kappa shape index (κ2) is 5.29. The molecule has 2 N–H and O–H groups in total. The number of halogens is 1. The molecular formula is C12H16ClNO. The number of hydrogen-bond acceptors (Lipinski definition) is 2. The van der Waals surface area contributed by atoms with Gasteiger partial charge >= 0.3 is 0 Å². The highest BCUT2D eigenvalue weighted by Gasteiger charge is 2.07. The van der Waals surface area contributed by atoms with Gasteiger partial charge < -0.3 is 5.73 Å². The molecule has 0 unspecified atom stereocenters. The molecule has 3 heteroatoms. The lowest BCUT2D eigenvalue weighted by molar-refractivity contribution is -0.118. The Morgan fingerprint density at radius 2 is 2.20 bits per heavy atom. The summed E-state index contributed by atoms with van der Waals surface area (Å²) in [6, 6.07) is 5.59. The van der Waals surface area contributed by atoms with E-state index in [2.05, 4.69) is 0 Å². The van der Waals surface area contributed by atoms with Crippen LogP contribution in [0.2, 0.25) is 5.02 Å². The van der Waals surface area contributed by atoms with Crippen molar-refractivity contribution in [2.45, 2.75) is 32.7 Å². The Balaban J connectivity index is 2.65. The van der Waals surface area contributed by atoms with E-state index in [0.29, 0.717) is 12.8 Å². The molecular weight excluding hydrogens is 210 g/mol. The Hall–Kier alpha value is -0.860. The maximum Gasteiger partial charge on any atom is 0.138 e. The Labute approximate surface area is 95.4 Å². The van der Waals surface area contributed by atoms with Crippen molar-refractivity contribution in [2.24, 2.45) is 5.73 Å². The van der Waals surface area contributed by atoms with E-state index < -0.39 is 0 Å². The second-order valence-electron chi connectivity index (χ2n) is 3.98. The molecule has 1 aromatic rings. The van der Waals surface area contributed by atoms with E-state index in [0.717, 1.165) is 16.1 Å². The van der Waals surface area contributed by atoms with Crippen LogP contribution in [0.5, 0.6) is 0 Å². The molecule has 1 aromatic carbocycles. The van der Waals surface area contributed by atoms with Crippen LogP contribution in [0.3, 0.4) is 0 Å². The van der Waals surface area contributed by atoms with E-state index in [1.54, 1.807) is 0 Å². The average Bonchev–Trinajstić information content (AvgIpc) is 2.10. The minimum atomic E-state index is -0.0640. The Bertz CT molecular complexity index is 361. The van der Waals surface area contributed by atoms with Crippen molar-refractivity contribution >= 4 is 17.4 Å². The molecule has 0 radical (unpaired) electrons. The van der Waals surface area contributed by atoms with Gasteiger partial charge in [-0.15, -0.1) is 0 Å². The minimum Gasteiger partial charge on any atom is -0.328 e. The summed E-state index contributed by atoms with van der Waals surface area (Å²) >= 11 is 5.90. The van der Waals surface area contributed by atoms with Crippen LogP contribution in [-0.4, -0.2) is 11.8 Å². The predicted molar refractivity (Wildman–Crippen MR) is 63.2 cm³/mol. The summed E-state index contributed by atoms with van der Waals surface area (Å²) in [5, 5.41) is 0.735. The molecule has 82 valence electrons. The zero-order valence-electron chi connectivity index (χ0n) is 9.09. The first-order valence-corrected chi connectivity index (χ1v) is 5.39. The van der Waals surface area contributed by atoms with Gasteiger partial charge in [0.15, 0.2) is 0 Å². The van der Waals surface area contributed by atoms with Gasteiger partial charge in [0, 0.05) is 23.9 Å². The summed E-state index contributed by atoms with van der Waals surface area (Å²) in [5.74, 6) is 0.173. The summed E-state index contributed by atoms with van der Waals surface area (Å²) < 4.78 is 0. The molecule has 0 aromatic heterocycles. The largest absolute Gasteiger partial charge is 0.328 e. The standard InChI is InChI=1S/C12H16ClNO/c1-8-5-10(3-4-12(8)13)7-11(15)6-9(2)14/h3-5,9H,6-7,14H2,1-2H3/t9-/m0/s1. The lowest BCUT2D eigenvalue weighted by atomic mass is 10.0. The fourth-order valence-electron chi connectivity index (χ4n) is 1.48. The van der Waals surface area contributed by atoms with Gasteiger partial charge in [0.05, 0.1) is 0 Å². The van der Waals surface area contributed by atoms with Gasteiger partial charge in [0.25, 0.3) is 0 Å². The smallest absolute Gasteiger partial charge is 0.138 e. The van der Waals surface area contributed by atoms with E-state index in [1.807, 2.05) is 32.0 Å². The fourth-order valence-corrected chi connectivity index (χ4v) is 1.59. The normalized spacial score (nSPS) is 12.5. The number of Topliss-reactive ketones (excluding diaryl/α,β-unsaturated/α-hetero) is 1. The maximum absolute atomic E-state index is 11.5. The minimum absolute atomic E-state index is 0.0640. The van der Waals surface area contributed by atoms with Crippen LogP contribution in [0, 0.1) is 6.92 Å². The molecule has 1 rings (SSSR count). The quantitative estimate of drug-likeness (QED) is 0.856. The van der Waals surface area contributed by atoms with Gasteiger partial charge in [-0.3, -0.25) is 4.79 Å². The van der Waals surface area contributed by atoms with Crippen LogP contribution >= 0.6 is 11.6 Å². The van der Waals surface area contributed by atoms with Crippen molar-refractivity contribution in [1.29, 1.82) is 0 Å². The summed E-state index contributed by atoms with van der Waals surface area (Å²) in [4.78, 5) is 11.5. The molecule has 0 saturated carbocycles. The number of carbonyl (C=O) groups excluding carboxylic acids is 1. The van der Waals surface area contributed by atoms with E-state index in [9.17, 15) is 4.79 Å². The third-order valence-electron chi connectivity index (χ3n) is 2.17. The topological polar surface area (TPSA) is 43.1 Å². The van der Waals surface area contributed by atoms with Crippen LogP contribution in [0.15, 0.2) is 18.2 Å². The van der Waals surface area contributed by atoms with E-state index in [1.165, 1.54) is 0 Å². The number of hydrogen-bond donors (Lipinski definition) is 1. The third kappa shape index (κ3) is 4.02. The van der Waals surface area contributed by atoms with Crippen LogP contribution in [0.1, 0.15) is 24.5 Å². The highest BCUT2D eigenvalue weighted by Crippen LogP contribution is 2.16. The van der Waals surface area contributed by atoms with Crippen molar-refractivity contribution in [3.05, 3.63) is 34.3 Å². The molecule has 0 aliphatic rings. The molecule has 0 saturated heterocycles. The molecule has 15 heavy (non-hydrogen) atoms. The summed E-state index contributed by atoms with van der Waals surface area (Å²) in [7, 11) is 0.